The lowest BCUT2D eigenvalue weighted by atomic mass is 10.0. The molecule has 1 aliphatic rings. The Morgan fingerprint density at radius 2 is 1.84 bits per heavy atom. The van der Waals surface area contributed by atoms with Crippen molar-refractivity contribution in [1.29, 1.82) is 0 Å². The lowest BCUT2D eigenvalue weighted by molar-refractivity contribution is -0.137. The standard InChI is InChI=1S/C19H19F3N2O/c1-13-4-2-3-5-17(13)18-10-16(25-24-18)12-23-11-14-6-8-15(9-7-14)19(20,21)22/h2-9,16,23H,10-12H2,1H3. The van der Waals surface area contributed by atoms with Gasteiger partial charge in [-0.3, -0.25) is 0 Å². The molecule has 0 bridgehead atoms. The van der Waals surface area contributed by atoms with Gasteiger partial charge >= 0.3 is 6.18 Å². The van der Waals surface area contributed by atoms with E-state index in [-0.39, 0.29) is 6.10 Å². The van der Waals surface area contributed by atoms with E-state index in [1.54, 1.807) is 0 Å². The summed E-state index contributed by atoms with van der Waals surface area (Å²) in [5.41, 5.74) is 3.34. The zero-order valence-electron chi connectivity index (χ0n) is 13.8. The predicted octanol–water partition coefficient (Wildman–Crippen LogP) is 4.30. The number of hydrogen-bond acceptors (Lipinski definition) is 3. The monoisotopic (exact) mass is 348 g/mol. The summed E-state index contributed by atoms with van der Waals surface area (Å²) in [5.74, 6) is 0. The van der Waals surface area contributed by atoms with Crippen molar-refractivity contribution in [3.63, 3.8) is 0 Å². The van der Waals surface area contributed by atoms with E-state index in [0.29, 0.717) is 19.5 Å². The van der Waals surface area contributed by atoms with E-state index in [2.05, 4.69) is 10.5 Å². The number of nitrogens with one attached hydrogen (secondary N) is 1. The van der Waals surface area contributed by atoms with Crippen LogP contribution in [-0.2, 0) is 17.6 Å². The van der Waals surface area contributed by atoms with Crippen LogP contribution in [0.2, 0.25) is 0 Å². The van der Waals surface area contributed by atoms with Crippen LogP contribution in [0.1, 0.15) is 28.7 Å². The molecule has 0 radical (unpaired) electrons. The molecule has 1 atom stereocenters. The molecule has 0 saturated heterocycles. The Morgan fingerprint density at radius 1 is 1.12 bits per heavy atom. The van der Waals surface area contributed by atoms with Crippen LogP contribution in [0.4, 0.5) is 13.2 Å². The second-order valence-corrected chi connectivity index (χ2v) is 6.11. The Kier molecular flexibility index (Phi) is 5.08. The normalized spacial score (nSPS) is 17.3. The summed E-state index contributed by atoms with van der Waals surface area (Å²) in [4.78, 5) is 5.45. The van der Waals surface area contributed by atoms with Gasteiger partial charge in [0.05, 0.1) is 11.3 Å². The molecule has 6 heteroatoms. The van der Waals surface area contributed by atoms with Gasteiger partial charge in [0.15, 0.2) is 0 Å². The number of rotatable bonds is 5. The minimum absolute atomic E-state index is 0.0657. The summed E-state index contributed by atoms with van der Waals surface area (Å²) < 4.78 is 37.6. The molecule has 1 heterocycles. The molecule has 0 fully saturated rings. The molecule has 132 valence electrons. The molecular formula is C19H19F3N2O. The summed E-state index contributed by atoms with van der Waals surface area (Å²) >= 11 is 0. The molecular weight excluding hydrogens is 329 g/mol. The minimum atomic E-state index is -4.30. The van der Waals surface area contributed by atoms with E-state index in [9.17, 15) is 13.2 Å². The average molecular weight is 348 g/mol. The van der Waals surface area contributed by atoms with Crippen LogP contribution in [0.25, 0.3) is 0 Å². The van der Waals surface area contributed by atoms with E-state index in [1.165, 1.54) is 12.1 Å². The van der Waals surface area contributed by atoms with Crippen LogP contribution in [0, 0.1) is 6.92 Å². The van der Waals surface area contributed by atoms with Crippen molar-refractivity contribution in [1.82, 2.24) is 5.32 Å². The van der Waals surface area contributed by atoms with Gasteiger partial charge in [-0.25, -0.2) is 0 Å². The molecule has 2 aromatic carbocycles. The Morgan fingerprint density at radius 3 is 2.52 bits per heavy atom. The van der Waals surface area contributed by atoms with E-state index in [0.717, 1.165) is 34.5 Å². The van der Waals surface area contributed by atoms with E-state index >= 15 is 0 Å². The maximum absolute atomic E-state index is 12.5. The Labute approximate surface area is 144 Å². The summed E-state index contributed by atoms with van der Waals surface area (Å²) in [6.07, 6.45) is -3.65. The van der Waals surface area contributed by atoms with E-state index in [4.69, 9.17) is 4.84 Å². The van der Waals surface area contributed by atoms with Gasteiger partial charge in [0.1, 0.15) is 6.10 Å². The van der Waals surface area contributed by atoms with Crippen LogP contribution >= 0.6 is 0 Å². The van der Waals surface area contributed by atoms with Crippen molar-refractivity contribution >= 4 is 5.71 Å². The van der Waals surface area contributed by atoms with Crippen molar-refractivity contribution in [3.05, 3.63) is 70.8 Å². The van der Waals surface area contributed by atoms with Gasteiger partial charge in [0.2, 0.25) is 0 Å². The van der Waals surface area contributed by atoms with Gasteiger partial charge in [-0.05, 0) is 30.2 Å². The van der Waals surface area contributed by atoms with Crippen molar-refractivity contribution in [2.45, 2.75) is 32.2 Å². The summed E-state index contributed by atoms with van der Waals surface area (Å²) in [7, 11) is 0. The lowest BCUT2D eigenvalue weighted by Crippen LogP contribution is -2.26. The highest BCUT2D eigenvalue weighted by Gasteiger charge is 2.30. The third kappa shape index (κ3) is 4.39. The van der Waals surface area contributed by atoms with Gasteiger partial charge in [-0.1, -0.05) is 41.6 Å². The number of halogens is 3. The molecule has 2 aromatic rings. The van der Waals surface area contributed by atoms with Crippen LogP contribution < -0.4 is 5.32 Å². The largest absolute Gasteiger partial charge is 0.416 e. The van der Waals surface area contributed by atoms with Crippen molar-refractivity contribution in [3.8, 4) is 0 Å². The lowest BCUT2D eigenvalue weighted by Gasteiger charge is -2.11. The second kappa shape index (κ2) is 7.27. The maximum Gasteiger partial charge on any atom is 0.416 e. The first-order valence-electron chi connectivity index (χ1n) is 8.09. The Hall–Kier alpha value is -2.34. The fourth-order valence-corrected chi connectivity index (χ4v) is 2.78. The molecule has 0 amide bonds. The molecule has 0 aliphatic carbocycles. The first-order valence-corrected chi connectivity index (χ1v) is 8.09. The zero-order chi connectivity index (χ0) is 17.9. The number of aryl methyl sites for hydroxylation is 1. The number of benzene rings is 2. The fraction of sp³-hybridized carbons (Fsp3) is 0.316. The van der Waals surface area contributed by atoms with Crippen LogP contribution in [0.15, 0.2) is 53.7 Å². The highest BCUT2D eigenvalue weighted by atomic mass is 19.4. The van der Waals surface area contributed by atoms with Gasteiger partial charge in [-0.15, -0.1) is 0 Å². The van der Waals surface area contributed by atoms with Crippen molar-refractivity contribution in [2.75, 3.05) is 6.54 Å². The topological polar surface area (TPSA) is 33.6 Å². The van der Waals surface area contributed by atoms with E-state index in [1.807, 2.05) is 31.2 Å². The average Bonchev–Trinajstić information content (AvgIpc) is 3.03. The fourth-order valence-electron chi connectivity index (χ4n) is 2.78. The molecule has 0 spiro atoms. The zero-order valence-corrected chi connectivity index (χ0v) is 13.8. The second-order valence-electron chi connectivity index (χ2n) is 6.11. The van der Waals surface area contributed by atoms with Gasteiger partial charge < -0.3 is 10.2 Å². The minimum Gasteiger partial charge on any atom is -0.390 e. The predicted molar refractivity (Wildman–Crippen MR) is 90.4 cm³/mol. The summed E-state index contributed by atoms with van der Waals surface area (Å²) in [5, 5.41) is 7.37. The first-order chi connectivity index (χ1) is 11.9. The van der Waals surface area contributed by atoms with Crippen LogP contribution in [-0.4, -0.2) is 18.4 Å². The number of nitrogens with zero attached hydrogens (tertiary/aromatic N) is 1. The maximum atomic E-state index is 12.5. The van der Waals surface area contributed by atoms with Crippen LogP contribution in [0.3, 0.4) is 0 Å². The molecule has 1 aliphatic heterocycles. The Balaban J connectivity index is 1.47. The van der Waals surface area contributed by atoms with Gasteiger partial charge in [0.25, 0.3) is 0 Å². The molecule has 1 unspecified atom stereocenters. The molecule has 0 saturated carbocycles. The third-order valence-electron chi connectivity index (χ3n) is 4.17. The quantitative estimate of drug-likeness (QED) is 0.874. The highest BCUT2D eigenvalue weighted by molar-refractivity contribution is 6.02. The molecule has 3 nitrogen and oxygen atoms in total. The molecule has 0 aromatic heterocycles. The van der Waals surface area contributed by atoms with E-state index < -0.39 is 11.7 Å². The smallest absolute Gasteiger partial charge is 0.390 e. The SMILES string of the molecule is Cc1ccccc1C1=NOC(CNCc2ccc(C(F)(F)F)cc2)C1. The number of alkyl halides is 3. The van der Waals surface area contributed by atoms with Crippen molar-refractivity contribution < 1.29 is 18.0 Å². The third-order valence-corrected chi connectivity index (χ3v) is 4.17. The van der Waals surface area contributed by atoms with Gasteiger partial charge in [-0.2, -0.15) is 13.2 Å². The summed E-state index contributed by atoms with van der Waals surface area (Å²) in [6, 6.07) is 13.2. The molecule has 1 N–H and O–H groups in total. The highest BCUT2D eigenvalue weighted by Crippen LogP contribution is 2.29. The van der Waals surface area contributed by atoms with Gasteiger partial charge in [0, 0.05) is 25.1 Å². The van der Waals surface area contributed by atoms with Crippen LogP contribution in [0.5, 0.6) is 0 Å². The molecule has 25 heavy (non-hydrogen) atoms. The summed E-state index contributed by atoms with van der Waals surface area (Å²) in [6.45, 7) is 3.10. The number of hydrogen-bond donors (Lipinski definition) is 1. The Bertz CT molecular complexity index is 754. The first kappa shape index (κ1) is 17.5. The molecule has 3 rings (SSSR count). The number of oxime groups is 1. The van der Waals surface area contributed by atoms with Crippen molar-refractivity contribution in [2.24, 2.45) is 5.16 Å².